The molecule has 0 aliphatic rings. The second-order valence-corrected chi connectivity index (χ2v) is 6.65. The number of aliphatic imine (C=N–C) groups is 1. The molecular weight excluding hydrogens is 437 g/mol. The second-order valence-electron chi connectivity index (χ2n) is 6.65. The molecular formula is C16H34IN5O3. The summed E-state index contributed by atoms with van der Waals surface area (Å²) in [5, 5.41) is 11.8. The predicted octanol–water partition coefficient (Wildman–Crippen LogP) is 1.46. The van der Waals surface area contributed by atoms with Crippen LogP contribution in [0.2, 0.25) is 0 Å². The van der Waals surface area contributed by atoms with Gasteiger partial charge in [-0.1, -0.05) is 13.8 Å². The number of hydrogen-bond donors (Lipinski definition) is 4. The van der Waals surface area contributed by atoms with Gasteiger partial charge in [-0.05, 0) is 27.2 Å². The van der Waals surface area contributed by atoms with Crippen LogP contribution in [-0.4, -0.2) is 56.8 Å². The summed E-state index contributed by atoms with van der Waals surface area (Å²) in [5.41, 5.74) is -0.487. The summed E-state index contributed by atoms with van der Waals surface area (Å²) in [7, 11) is 1.68. The van der Waals surface area contributed by atoms with Gasteiger partial charge in [0.2, 0.25) is 5.91 Å². The van der Waals surface area contributed by atoms with Crippen LogP contribution in [0.25, 0.3) is 0 Å². The monoisotopic (exact) mass is 471 g/mol. The highest BCUT2D eigenvalue weighted by Gasteiger charge is 2.15. The molecule has 0 aromatic rings. The van der Waals surface area contributed by atoms with Crippen molar-refractivity contribution in [3.63, 3.8) is 0 Å². The van der Waals surface area contributed by atoms with Gasteiger partial charge in [0, 0.05) is 39.1 Å². The van der Waals surface area contributed by atoms with Gasteiger partial charge in [-0.25, -0.2) is 4.79 Å². The summed E-state index contributed by atoms with van der Waals surface area (Å²) >= 11 is 0. The molecule has 0 unspecified atom stereocenters. The van der Waals surface area contributed by atoms with Gasteiger partial charge in [-0.15, -0.1) is 24.0 Å². The summed E-state index contributed by atoms with van der Waals surface area (Å²) in [5.74, 6) is 0.680. The number of guanidine groups is 1. The molecule has 2 amide bonds. The van der Waals surface area contributed by atoms with E-state index < -0.39 is 11.7 Å². The summed E-state index contributed by atoms with van der Waals surface area (Å²) < 4.78 is 5.15. The number of alkyl carbamates (subject to hydrolysis) is 1. The molecule has 0 radical (unpaired) electrons. The maximum atomic E-state index is 11.5. The summed E-state index contributed by atoms with van der Waals surface area (Å²) in [6.07, 6.45) is 0.329. The molecule has 0 aromatic heterocycles. The van der Waals surface area contributed by atoms with Gasteiger partial charge in [0.1, 0.15) is 5.60 Å². The Kier molecular flexibility index (Phi) is 14.5. The fourth-order valence-electron chi connectivity index (χ4n) is 1.59. The summed E-state index contributed by atoms with van der Waals surface area (Å²) in [6, 6.07) is 0. The molecule has 0 fully saturated rings. The molecule has 0 atom stereocenters. The Morgan fingerprint density at radius 2 is 1.48 bits per heavy atom. The van der Waals surface area contributed by atoms with Gasteiger partial charge in [0.05, 0.1) is 0 Å². The van der Waals surface area contributed by atoms with Crippen LogP contribution in [0.15, 0.2) is 4.99 Å². The number of ether oxygens (including phenoxy) is 1. The van der Waals surface area contributed by atoms with Gasteiger partial charge in [-0.3, -0.25) is 9.79 Å². The van der Waals surface area contributed by atoms with Crippen molar-refractivity contribution in [1.82, 2.24) is 21.3 Å². The Hall–Kier alpha value is -1.26. The van der Waals surface area contributed by atoms with E-state index in [-0.39, 0.29) is 35.8 Å². The summed E-state index contributed by atoms with van der Waals surface area (Å²) in [4.78, 5) is 27.0. The molecule has 0 aliphatic carbocycles. The normalized spacial score (nSPS) is 11.4. The third-order valence-corrected chi connectivity index (χ3v) is 2.78. The van der Waals surface area contributed by atoms with Crippen molar-refractivity contribution < 1.29 is 14.3 Å². The quantitative estimate of drug-likeness (QED) is 0.186. The minimum absolute atomic E-state index is 0. The fraction of sp³-hybridized carbons (Fsp3) is 0.812. The highest BCUT2D eigenvalue weighted by atomic mass is 127. The molecule has 9 heteroatoms. The molecule has 148 valence electrons. The van der Waals surface area contributed by atoms with Crippen LogP contribution in [0.5, 0.6) is 0 Å². The number of halogens is 1. The predicted molar refractivity (Wildman–Crippen MR) is 111 cm³/mol. The van der Waals surface area contributed by atoms with Crippen LogP contribution in [0.4, 0.5) is 4.79 Å². The Labute approximate surface area is 168 Å². The van der Waals surface area contributed by atoms with Crippen molar-refractivity contribution in [2.75, 3.05) is 33.2 Å². The first kappa shape index (κ1) is 26.0. The molecule has 0 saturated carbocycles. The molecule has 0 aromatic carbocycles. The van der Waals surface area contributed by atoms with Gasteiger partial charge < -0.3 is 26.0 Å². The van der Waals surface area contributed by atoms with E-state index in [4.69, 9.17) is 4.74 Å². The van der Waals surface area contributed by atoms with E-state index >= 15 is 0 Å². The standard InChI is InChI=1S/C16H33N5O3.HI/c1-12(2)13(22)18-10-11-20-14(17-6)19-8-7-9-21-15(23)24-16(3,4)5;/h12H,7-11H2,1-6H3,(H,18,22)(H,21,23)(H2,17,19,20);1H. The van der Waals surface area contributed by atoms with E-state index in [1.54, 1.807) is 7.05 Å². The topological polar surface area (TPSA) is 104 Å². The van der Waals surface area contributed by atoms with Gasteiger partial charge in [-0.2, -0.15) is 0 Å². The van der Waals surface area contributed by atoms with Crippen LogP contribution < -0.4 is 21.3 Å². The lowest BCUT2D eigenvalue weighted by Crippen LogP contribution is -2.43. The van der Waals surface area contributed by atoms with Crippen LogP contribution in [0.1, 0.15) is 41.0 Å². The van der Waals surface area contributed by atoms with Crippen molar-refractivity contribution in [2.45, 2.75) is 46.6 Å². The second kappa shape index (κ2) is 14.0. The Morgan fingerprint density at radius 1 is 0.960 bits per heavy atom. The number of nitrogens with zero attached hydrogens (tertiary/aromatic N) is 1. The number of carbonyl (C=O) groups is 2. The fourth-order valence-corrected chi connectivity index (χ4v) is 1.59. The van der Waals surface area contributed by atoms with Crippen molar-refractivity contribution >= 4 is 41.9 Å². The van der Waals surface area contributed by atoms with E-state index in [1.807, 2.05) is 34.6 Å². The van der Waals surface area contributed by atoms with Crippen LogP contribution in [-0.2, 0) is 9.53 Å². The first-order valence-electron chi connectivity index (χ1n) is 8.34. The van der Waals surface area contributed by atoms with Crippen molar-refractivity contribution in [3.05, 3.63) is 0 Å². The SMILES string of the molecule is CN=C(NCCCNC(=O)OC(C)(C)C)NCCNC(=O)C(C)C.I. The van der Waals surface area contributed by atoms with Crippen molar-refractivity contribution in [2.24, 2.45) is 10.9 Å². The number of hydrogen-bond acceptors (Lipinski definition) is 4. The molecule has 0 spiro atoms. The van der Waals surface area contributed by atoms with Crippen molar-refractivity contribution in [3.8, 4) is 0 Å². The molecule has 0 bridgehead atoms. The van der Waals surface area contributed by atoms with Crippen molar-refractivity contribution in [1.29, 1.82) is 0 Å². The lowest BCUT2D eigenvalue weighted by atomic mass is 10.2. The zero-order valence-electron chi connectivity index (χ0n) is 16.2. The number of rotatable bonds is 8. The first-order valence-corrected chi connectivity index (χ1v) is 8.34. The molecule has 4 N–H and O–H groups in total. The zero-order chi connectivity index (χ0) is 18.6. The van der Waals surface area contributed by atoms with E-state index in [2.05, 4.69) is 26.3 Å². The highest BCUT2D eigenvalue weighted by Crippen LogP contribution is 2.06. The maximum Gasteiger partial charge on any atom is 0.407 e. The van der Waals surface area contributed by atoms with E-state index in [0.29, 0.717) is 32.1 Å². The molecule has 25 heavy (non-hydrogen) atoms. The third-order valence-electron chi connectivity index (χ3n) is 2.78. The maximum absolute atomic E-state index is 11.5. The van der Waals surface area contributed by atoms with E-state index in [1.165, 1.54) is 0 Å². The Morgan fingerprint density at radius 3 is 2.00 bits per heavy atom. The van der Waals surface area contributed by atoms with E-state index in [9.17, 15) is 9.59 Å². The number of amides is 2. The van der Waals surface area contributed by atoms with Crippen LogP contribution >= 0.6 is 24.0 Å². The molecule has 0 heterocycles. The van der Waals surface area contributed by atoms with Crippen LogP contribution in [0.3, 0.4) is 0 Å². The lowest BCUT2D eigenvalue weighted by Gasteiger charge is -2.19. The molecule has 0 aliphatic heterocycles. The Bertz CT molecular complexity index is 422. The molecule has 0 saturated heterocycles. The number of nitrogens with one attached hydrogen (secondary N) is 4. The van der Waals surface area contributed by atoms with Gasteiger partial charge in [0.25, 0.3) is 0 Å². The zero-order valence-corrected chi connectivity index (χ0v) is 18.5. The molecule has 8 nitrogen and oxygen atoms in total. The average molecular weight is 471 g/mol. The largest absolute Gasteiger partial charge is 0.444 e. The van der Waals surface area contributed by atoms with Crippen LogP contribution in [0, 0.1) is 5.92 Å². The third kappa shape index (κ3) is 16.0. The molecule has 0 rings (SSSR count). The first-order chi connectivity index (χ1) is 11.2. The summed E-state index contributed by atoms with van der Waals surface area (Å²) in [6.45, 7) is 11.5. The average Bonchev–Trinajstić information content (AvgIpc) is 2.46. The highest BCUT2D eigenvalue weighted by molar-refractivity contribution is 14.0. The lowest BCUT2D eigenvalue weighted by molar-refractivity contribution is -0.123. The minimum atomic E-state index is -0.487. The van der Waals surface area contributed by atoms with Gasteiger partial charge >= 0.3 is 6.09 Å². The minimum Gasteiger partial charge on any atom is -0.444 e. The smallest absolute Gasteiger partial charge is 0.407 e. The Balaban J connectivity index is 0. The van der Waals surface area contributed by atoms with E-state index in [0.717, 1.165) is 6.42 Å². The number of carbonyl (C=O) groups excluding carboxylic acids is 2. The van der Waals surface area contributed by atoms with Gasteiger partial charge in [0.15, 0.2) is 5.96 Å².